The van der Waals surface area contributed by atoms with Gasteiger partial charge in [0.15, 0.2) is 0 Å². The van der Waals surface area contributed by atoms with Crippen LogP contribution in [-0.4, -0.2) is 0 Å². The average Bonchev–Trinajstić information content (AvgIpc) is 3.20. The van der Waals surface area contributed by atoms with Gasteiger partial charge in [-0.05, 0) is 23.1 Å². The zero-order valence-electron chi connectivity index (χ0n) is 15.2. The molecule has 0 radical (unpaired) electrons. The molecule has 1 atom stereocenters. The van der Waals surface area contributed by atoms with E-state index in [0.717, 1.165) is 6.42 Å². The molecular weight excluding hydrogens is 312 g/mol. The Kier molecular flexibility index (Phi) is 4.58. The third-order valence-electron chi connectivity index (χ3n) is 5.58. The van der Waals surface area contributed by atoms with E-state index in [1.54, 1.807) is 0 Å². The summed E-state index contributed by atoms with van der Waals surface area (Å²) >= 11 is 0. The Morgan fingerprint density at radius 3 is 1.46 bits per heavy atom. The largest absolute Gasteiger partial charge is 0.0758 e. The van der Waals surface area contributed by atoms with Gasteiger partial charge < -0.3 is 0 Å². The summed E-state index contributed by atoms with van der Waals surface area (Å²) in [5, 5.41) is 0. The lowest BCUT2D eigenvalue weighted by atomic mass is 9.60. The molecule has 0 saturated heterocycles. The van der Waals surface area contributed by atoms with Crippen LogP contribution in [0.1, 0.15) is 30.0 Å². The van der Waals surface area contributed by atoms with Crippen molar-refractivity contribution in [1.82, 2.24) is 0 Å². The fourth-order valence-electron chi connectivity index (χ4n) is 4.42. The molecule has 0 N–H and O–H groups in total. The molecule has 0 saturated carbocycles. The van der Waals surface area contributed by atoms with Crippen LogP contribution < -0.4 is 0 Å². The molecule has 0 fully saturated rings. The number of hydrogen-bond acceptors (Lipinski definition) is 0. The van der Waals surface area contributed by atoms with Gasteiger partial charge in [0.2, 0.25) is 0 Å². The van der Waals surface area contributed by atoms with Crippen LogP contribution in [0.15, 0.2) is 115 Å². The second-order valence-corrected chi connectivity index (χ2v) is 6.86. The maximum atomic E-state index is 2.38. The van der Waals surface area contributed by atoms with Crippen molar-refractivity contribution in [3.05, 3.63) is 131 Å². The van der Waals surface area contributed by atoms with Crippen molar-refractivity contribution in [3.63, 3.8) is 0 Å². The van der Waals surface area contributed by atoms with Crippen LogP contribution in [-0.2, 0) is 5.41 Å². The molecule has 0 amide bonds. The summed E-state index contributed by atoms with van der Waals surface area (Å²) in [6.07, 6.45) is 7.97. The first-order valence-electron chi connectivity index (χ1n) is 9.41. The van der Waals surface area contributed by atoms with E-state index in [-0.39, 0.29) is 5.41 Å². The van der Waals surface area contributed by atoms with Crippen molar-refractivity contribution in [1.29, 1.82) is 0 Å². The molecule has 0 heteroatoms. The van der Waals surface area contributed by atoms with E-state index in [4.69, 9.17) is 0 Å². The summed E-state index contributed by atoms with van der Waals surface area (Å²) in [5.41, 5.74) is 5.29. The first kappa shape index (κ1) is 16.6. The Bertz CT molecular complexity index is 805. The van der Waals surface area contributed by atoms with Gasteiger partial charge in [0.1, 0.15) is 0 Å². The van der Waals surface area contributed by atoms with E-state index >= 15 is 0 Å². The van der Waals surface area contributed by atoms with Gasteiger partial charge in [-0.15, -0.1) is 0 Å². The molecule has 26 heavy (non-hydrogen) atoms. The second kappa shape index (κ2) is 7.17. The monoisotopic (exact) mass is 336 g/mol. The van der Waals surface area contributed by atoms with Crippen LogP contribution in [0.4, 0.5) is 0 Å². The number of rotatable bonds is 5. The van der Waals surface area contributed by atoms with Gasteiger partial charge >= 0.3 is 0 Å². The zero-order valence-corrected chi connectivity index (χ0v) is 15.2. The summed E-state index contributed by atoms with van der Waals surface area (Å²) in [4.78, 5) is 0. The fraction of sp³-hybridized carbons (Fsp3) is 0.154. The normalized spacial score (nSPS) is 16.5. The molecule has 3 aromatic rings. The number of benzene rings is 3. The predicted molar refractivity (Wildman–Crippen MR) is 110 cm³/mol. The lowest BCUT2D eigenvalue weighted by molar-refractivity contribution is 0.498. The maximum absolute atomic E-state index is 2.38. The Balaban J connectivity index is 2.08. The standard InChI is InChI=1S/C26H24/c1-2-21-13-12-20-25(21)26(22-14-6-3-7-15-22,23-16-8-4-9-17-23)24-18-10-5-11-19-24/h3-20,25H,2H2,1H3. The molecule has 0 aliphatic heterocycles. The van der Waals surface area contributed by atoms with E-state index in [9.17, 15) is 0 Å². The third-order valence-corrected chi connectivity index (χ3v) is 5.58. The summed E-state index contributed by atoms with van der Waals surface area (Å²) < 4.78 is 0. The second-order valence-electron chi connectivity index (χ2n) is 6.86. The highest BCUT2D eigenvalue weighted by Gasteiger charge is 2.44. The van der Waals surface area contributed by atoms with Crippen LogP contribution >= 0.6 is 0 Å². The predicted octanol–water partition coefficient (Wildman–Crippen LogP) is 6.54. The molecule has 0 spiro atoms. The van der Waals surface area contributed by atoms with E-state index in [1.165, 1.54) is 22.3 Å². The van der Waals surface area contributed by atoms with Crippen LogP contribution in [0, 0.1) is 5.92 Å². The molecule has 0 nitrogen and oxygen atoms in total. The molecule has 4 rings (SSSR count). The molecule has 0 heterocycles. The number of allylic oxidation sites excluding steroid dienone is 4. The van der Waals surface area contributed by atoms with Gasteiger partial charge in [0.05, 0.1) is 5.41 Å². The van der Waals surface area contributed by atoms with Crippen molar-refractivity contribution < 1.29 is 0 Å². The van der Waals surface area contributed by atoms with E-state index in [0.29, 0.717) is 5.92 Å². The minimum absolute atomic E-state index is 0.224. The third kappa shape index (κ3) is 2.63. The number of hydrogen-bond donors (Lipinski definition) is 0. The van der Waals surface area contributed by atoms with Crippen molar-refractivity contribution >= 4 is 0 Å². The summed E-state index contributed by atoms with van der Waals surface area (Å²) in [6.45, 7) is 2.26. The smallest absolute Gasteiger partial charge is 0.0551 e. The first-order valence-corrected chi connectivity index (χ1v) is 9.41. The van der Waals surface area contributed by atoms with Crippen LogP contribution in [0.25, 0.3) is 0 Å². The SMILES string of the molecule is CCC1=CC=CC1C(c1ccccc1)(c1ccccc1)c1ccccc1. The van der Waals surface area contributed by atoms with Crippen molar-refractivity contribution in [2.24, 2.45) is 5.92 Å². The summed E-state index contributed by atoms with van der Waals surface area (Å²) in [6, 6.07) is 32.9. The van der Waals surface area contributed by atoms with Crippen LogP contribution in [0.2, 0.25) is 0 Å². The van der Waals surface area contributed by atoms with E-state index in [2.05, 4.69) is 116 Å². The van der Waals surface area contributed by atoms with Crippen LogP contribution in [0.3, 0.4) is 0 Å². The molecule has 0 bridgehead atoms. The van der Waals surface area contributed by atoms with Crippen molar-refractivity contribution in [3.8, 4) is 0 Å². The Hall–Kier alpha value is -2.86. The highest BCUT2D eigenvalue weighted by Crippen LogP contribution is 2.50. The van der Waals surface area contributed by atoms with Gasteiger partial charge in [0.25, 0.3) is 0 Å². The average molecular weight is 336 g/mol. The quantitative estimate of drug-likeness (QED) is 0.464. The Labute approximate surface area is 156 Å². The summed E-state index contributed by atoms with van der Waals surface area (Å²) in [5.74, 6) is 0.319. The lowest BCUT2D eigenvalue weighted by Crippen LogP contribution is -2.37. The molecule has 0 aromatic heterocycles. The van der Waals surface area contributed by atoms with Gasteiger partial charge in [-0.3, -0.25) is 0 Å². The summed E-state index contributed by atoms with van der Waals surface area (Å²) in [7, 11) is 0. The van der Waals surface area contributed by atoms with Gasteiger partial charge in [0, 0.05) is 5.92 Å². The molecule has 1 aliphatic rings. The molecule has 1 unspecified atom stereocenters. The zero-order chi connectivity index (χ0) is 17.8. The van der Waals surface area contributed by atoms with Gasteiger partial charge in [-0.2, -0.15) is 0 Å². The van der Waals surface area contributed by atoms with Crippen molar-refractivity contribution in [2.45, 2.75) is 18.8 Å². The van der Waals surface area contributed by atoms with E-state index in [1.807, 2.05) is 0 Å². The molecule has 1 aliphatic carbocycles. The molecular formula is C26H24. The maximum Gasteiger partial charge on any atom is 0.0551 e. The molecule has 3 aromatic carbocycles. The van der Waals surface area contributed by atoms with Crippen molar-refractivity contribution in [2.75, 3.05) is 0 Å². The van der Waals surface area contributed by atoms with Crippen LogP contribution in [0.5, 0.6) is 0 Å². The lowest BCUT2D eigenvalue weighted by Gasteiger charge is -2.42. The van der Waals surface area contributed by atoms with Gasteiger partial charge in [-0.25, -0.2) is 0 Å². The highest BCUT2D eigenvalue weighted by atomic mass is 14.5. The molecule has 128 valence electrons. The highest BCUT2D eigenvalue weighted by molar-refractivity contribution is 5.56. The fourth-order valence-corrected chi connectivity index (χ4v) is 4.42. The minimum atomic E-state index is -0.224. The minimum Gasteiger partial charge on any atom is -0.0758 e. The first-order chi connectivity index (χ1) is 12.9. The van der Waals surface area contributed by atoms with E-state index < -0.39 is 0 Å². The Morgan fingerprint density at radius 1 is 0.654 bits per heavy atom. The topological polar surface area (TPSA) is 0 Å². The van der Waals surface area contributed by atoms with Gasteiger partial charge in [-0.1, -0.05) is 122 Å². The Morgan fingerprint density at radius 2 is 1.08 bits per heavy atom.